The SMILES string of the molecule is CCOc1ccc2c(c1)C(=O)N(C[C@H](NC(=O)NC=O)c1ccccc1)C2. The lowest BCUT2D eigenvalue weighted by Gasteiger charge is -2.25. The molecular formula is C20H21N3O4. The van der Waals surface area contributed by atoms with Crippen molar-refractivity contribution in [3.8, 4) is 5.75 Å². The minimum atomic E-state index is -0.610. The van der Waals surface area contributed by atoms with Gasteiger partial charge in [0.1, 0.15) is 5.75 Å². The summed E-state index contributed by atoms with van der Waals surface area (Å²) in [5, 5.41) is 4.81. The fraction of sp³-hybridized carbons (Fsp3) is 0.250. The Balaban J connectivity index is 1.78. The van der Waals surface area contributed by atoms with Crippen LogP contribution in [-0.4, -0.2) is 36.4 Å². The number of urea groups is 1. The summed E-state index contributed by atoms with van der Waals surface area (Å²) in [7, 11) is 0. The molecule has 0 bridgehead atoms. The molecule has 1 atom stereocenters. The van der Waals surface area contributed by atoms with E-state index >= 15 is 0 Å². The lowest BCUT2D eigenvalue weighted by atomic mass is 10.1. The van der Waals surface area contributed by atoms with Crippen LogP contribution in [-0.2, 0) is 11.3 Å². The van der Waals surface area contributed by atoms with E-state index in [9.17, 15) is 14.4 Å². The van der Waals surface area contributed by atoms with E-state index in [-0.39, 0.29) is 12.5 Å². The molecule has 1 aliphatic rings. The summed E-state index contributed by atoms with van der Waals surface area (Å²) in [5.41, 5.74) is 2.38. The Kier molecular flexibility index (Phi) is 5.71. The maximum Gasteiger partial charge on any atom is 0.321 e. The van der Waals surface area contributed by atoms with Gasteiger partial charge in [0.2, 0.25) is 6.41 Å². The van der Waals surface area contributed by atoms with Crippen molar-refractivity contribution in [2.75, 3.05) is 13.2 Å². The Morgan fingerprint density at radius 2 is 2.04 bits per heavy atom. The highest BCUT2D eigenvalue weighted by Gasteiger charge is 2.30. The molecule has 0 saturated carbocycles. The first kappa shape index (κ1) is 18.4. The third-order valence-electron chi connectivity index (χ3n) is 4.37. The van der Waals surface area contributed by atoms with Gasteiger partial charge in [0.05, 0.1) is 12.6 Å². The Hall–Kier alpha value is -3.35. The van der Waals surface area contributed by atoms with E-state index in [1.54, 1.807) is 11.0 Å². The second-order valence-electron chi connectivity index (χ2n) is 6.14. The van der Waals surface area contributed by atoms with Gasteiger partial charge in [0.25, 0.3) is 5.91 Å². The molecule has 3 rings (SSSR count). The molecule has 140 valence electrons. The monoisotopic (exact) mass is 367 g/mol. The number of fused-ring (bicyclic) bond motifs is 1. The number of nitrogens with one attached hydrogen (secondary N) is 2. The molecule has 7 nitrogen and oxygen atoms in total. The first-order valence-corrected chi connectivity index (χ1v) is 8.73. The van der Waals surface area contributed by atoms with Crippen molar-refractivity contribution in [3.63, 3.8) is 0 Å². The number of rotatable bonds is 7. The topological polar surface area (TPSA) is 87.7 Å². The van der Waals surface area contributed by atoms with Gasteiger partial charge < -0.3 is 15.0 Å². The fourth-order valence-electron chi connectivity index (χ4n) is 3.14. The highest BCUT2D eigenvalue weighted by molar-refractivity contribution is 5.98. The number of amides is 4. The van der Waals surface area contributed by atoms with Crippen LogP contribution < -0.4 is 15.4 Å². The molecule has 27 heavy (non-hydrogen) atoms. The average molecular weight is 367 g/mol. The number of imide groups is 1. The largest absolute Gasteiger partial charge is 0.494 e. The molecule has 1 aliphatic heterocycles. The molecule has 0 aliphatic carbocycles. The molecule has 4 amide bonds. The minimum Gasteiger partial charge on any atom is -0.494 e. The Bertz CT molecular complexity index is 838. The Labute approximate surface area is 157 Å². The van der Waals surface area contributed by atoms with Crippen LogP contribution in [0.15, 0.2) is 48.5 Å². The molecule has 0 fully saturated rings. The molecular weight excluding hydrogens is 346 g/mol. The van der Waals surface area contributed by atoms with Gasteiger partial charge in [-0.1, -0.05) is 36.4 Å². The molecule has 2 aromatic rings. The number of hydrogen-bond acceptors (Lipinski definition) is 4. The van der Waals surface area contributed by atoms with Gasteiger partial charge in [0.15, 0.2) is 0 Å². The van der Waals surface area contributed by atoms with E-state index in [0.717, 1.165) is 11.1 Å². The van der Waals surface area contributed by atoms with Crippen LogP contribution in [0.25, 0.3) is 0 Å². The first-order valence-electron chi connectivity index (χ1n) is 8.73. The van der Waals surface area contributed by atoms with Crippen LogP contribution in [0.3, 0.4) is 0 Å². The summed E-state index contributed by atoms with van der Waals surface area (Å²) in [6, 6.07) is 13.8. The lowest BCUT2D eigenvalue weighted by molar-refractivity contribution is -0.108. The van der Waals surface area contributed by atoms with Gasteiger partial charge in [-0.15, -0.1) is 0 Å². The normalized spacial score (nSPS) is 13.7. The molecule has 2 aromatic carbocycles. The Morgan fingerprint density at radius 1 is 1.26 bits per heavy atom. The van der Waals surface area contributed by atoms with Crippen LogP contribution in [0.2, 0.25) is 0 Å². The van der Waals surface area contributed by atoms with Gasteiger partial charge in [-0.05, 0) is 30.2 Å². The molecule has 7 heteroatoms. The quantitative estimate of drug-likeness (QED) is 0.735. The van der Waals surface area contributed by atoms with Gasteiger partial charge in [-0.3, -0.25) is 14.9 Å². The second-order valence-corrected chi connectivity index (χ2v) is 6.14. The summed E-state index contributed by atoms with van der Waals surface area (Å²) >= 11 is 0. The zero-order chi connectivity index (χ0) is 19.2. The minimum absolute atomic E-state index is 0.106. The zero-order valence-electron chi connectivity index (χ0n) is 15.0. The van der Waals surface area contributed by atoms with Crippen LogP contribution in [0.1, 0.15) is 34.5 Å². The number of nitrogens with zero attached hydrogens (tertiary/aromatic N) is 1. The molecule has 1 heterocycles. The second kappa shape index (κ2) is 8.35. The van der Waals surface area contributed by atoms with Crippen molar-refractivity contribution in [2.24, 2.45) is 0 Å². The lowest BCUT2D eigenvalue weighted by Crippen LogP contribution is -2.42. The third kappa shape index (κ3) is 4.25. The van der Waals surface area contributed by atoms with Gasteiger partial charge in [-0.2, -0.15) is 0 Å². The van der Waals surface area contributed by atoms with E-state index in [1.165, 1.54) is 0 Å². The van der Waals surface area contributed by atoms with E-state index in [0.29, 0.717) is 30.9 Å². The van der Waals surface area contributed by atoms with E-state index < -0.39 is 12.1 Å². The van der Waals surface area contributed by atoms with Gasteiger partial charge in [0, 0.05) is 18.7 Å². The summed E-state index contributed by atoms with van der Waals surface area (Å²) < 4.78 is 5.48. The van der Waals surface area contributed by atoms with Crippen molar-refractivity contribution in [1.82, 2.24) is 15.5 Å². The fourth-order valence-corrected chi connectivity index (χ4v) is 3.14. The van der Waals surface area contributed by atoms with Gasteiger partial charge >= 0.3 is 6.03 Å². The summed E-state index contributed by atoms with van der Waals surface area (Å²) in [6.45, 7) is 3.17. The van der Waals surface area contributed by atoms with Crippen molar-refractivity contribution in [2.45, 2.75) is 19.5 Å². The molecule has 0 aromatic heterocycles. The van der Waals surface area contributed by atoms with Crippen molar-refractivity contribution >= 4 is 18.3 Å². The standard InChI is InChI=1S/C20H21N3O4/c1-2-27-16-9-8-15-11-23(19(25)17(15)10-16)12-18(22-20(26)21-13-24)14-6-4-3-5-7-14/h3-10,13,18H,2,11-12H2,1H3,(H2,21,22,24,26)/t18-/m0/s1. The maximum atomic E-state index is 12.8. The number of hydrogen-bond donors (Lipinski definition) is 2. The van der Waals surface area contributed by atoms with Crippen LogP contribution >= 0.6 is 0 Å². The highest BCUT2D eigenvalue weighted by Crippen LogP contribution is 2.28. The predicted octanol–water partition coefficient (Wildman–Crippen LogP) is 2.24. The third-order valence-corrected chi connectivity index (χ3v) is 4.37. The van der Waals surface area contributed by atoms with Crippen LogP contribution in [0, 0.1) is 0 Å². The molecule has 0 radical (unpaired) electrons. The first-order chi connectivity index (χ1) is 13.1. The summed E-state index contributed by atoms with van der Waals surface area (Å²) in [5.74, 6) is 0.555. The number of carbonyl (C=O) groups excluding carboxylic acids is 3. The molecule has 0 unspecified atom stereocenters. The number of benzene rings is 2. The number of carbonyl (C=O) groups is 3. The number of ether oxygens (including phenoxy) is 1. The zero-order valence-corrected chi connectivity index (χ0v) is 15.0. The Morgan fingerprint density at radius 3 is 2.74 bits per heavy atom. The predicted molar refractivity (Wildman–Crippen MR) is 99.3 cm³/mol. The highest BCUT2D eigenvalue weighted by atomic mass is 16.5. The smallest absolute Gasteiger partial charge is 0.321 e. The summed E-state index contributed by atoms with van der Waals surface area (Å²) in [6.07, 6.45) is 0.323. The molecule has 0 saturated heterocycles. The van der Waals surface area contributed by atoms with Gasteiger partial charge in [-0.25, -0.2) is 4.79 Å². The summed E-state index contributed by atoms with van der Waals surface area (Å²) in [4.78, 5) is 36.9. The van der Waals surface area contributed by atoms with Crippen molar-refractivity contribution < 1.29 is 19.1 Å². The van der Waals surface area contributed by atoms with Crippen molar-refractivity contribution in [3.05, 3.63) is 65.2 Å². The van der Waals surface area contributed by atoms with E-state index in [2.05, 4.69) is 10.6 Å². The average Bonchev–Trinajstić information content (AvgIpc) is 2.98. The van der Waals surface area contributed by atoms with Crippen LogP contribution in [0.4, 0.5) is 4.79 Å². The van der Waals surface area contributed by atoms with Crippen LogP contribution in [0.5, 0.6) is 5.75 Å². The van der Waals surface area contributed by atoms with E-state index in [1.807, 2.05) is 49.4 Å². The molecule has 2 N–H and O–H groups in total. The maximum absolute atomic E-state index is 12.8. The van der Waals surface area contributed by atoms with Crippen molar-refractivity contribution in [1.29, 1.82) is 0 Å². The van der Waals surface area contributed by atoms with E-state index in [4.69, 9.17) is 4.74 Å². The molecule has 0 spiro atoms.